The number of carbonyl (C=O) groups is 1. The molecule has 0 fully saturated rings. The number of carbonyl (C=O) groups excluding carboxylic acids is 1. The number of hydrogen-bond acceptors (Lipinski definition) is 4. The van der Waals surface area contributed by atoms with Crippen LogP contribution in [-0.2, 0) is 0 Å². The lowest BCUT2D eigenvalue weighted by molar-refractivity contribution is 0.0998. The van der Waals surface area contributed by atoms with Gasteiger partial charge in [-0.25, -0.2) is 0 Å². The van der Waals surface area contributed by atoms with Crippen LogP contribution in [0.25, 0.3) is 16.9 Å². The predicted molar refractivity (Wildman–Crippen MR) is 119 cm³/mol. The Kier molecular flexibility index (Phi) is 5.77. The summed E-state index contributed by atoms with van der Waals surface area (Å²) in [4.78, 5) is 17.7. The Morgan fingerprint density at radius 1 is 0.867 bits per heavy atom. The Hall–Kier alpha value is -3.64. The molecule has 0 radical (unpaired) electrons. The first-order valence-corrected chi connectivity index (χ1v) is 10.2. The van der Waals surface area contributed by atoms with E-state index in [2.05, 4.69) is 4.99 Å². The first kappa shape index (κ1) is 19.7. The van der Waals surface area contributed by atoms with Crippen LogP contribution in [0.15, 0.2) is 89.2 Å². The molecular formula is C24H20N2O3S. The number of aromatic nitrogens is 1. The minimum Gasteiger partial charge on any atom is -0.493 e. The molecule has 0 saturated heterocycles. The van der Waals surface area contributed by atoms with Crippen LogP contribution in [0.3, 0.4) is 0 Å². The molecule has 0 aliphatic carbocycles. The highest BCUT2D eigenvalue weighted by Gasteiger charge is 2.14. The van der Waals surface area contributed by atoms with Crippen molar-refractivity contribution in [1.29, 1.82) is 0 Å². The summed E-state index contributed by atoms with van der Waals surface area (Å²) in [5, 5.41) is 1.99. The van der Waals surface area contributed by atoms with Crippen molar-refractivity contribution in [3.05, 3.63) is 94.6 Å². The molecule has 0 saturated carbocycles. The molecule has 1 heterocycles. The van der Waals surface area contributed by atoms with Crippen molar-refractivity contribution >= 4 is 17.2 Å². The maximum atomic E-state index is 12.7. The average Bonchev–Trinajstić information content (AvgIpc) is 3.23. The second kappa shape index (κ2) is 8.80. The summed E-state index contributed by atoms with van der Waals surface area (Å²) in [7, 11) is 3.22. The number of thiazole rings is 1. The van der Waals surface area contributed by atoms with Crippen LogP contribution in [0.1, 0.15) is 10.4 Å². The van der Waals surface area contributed by atoms with Crippen LogP contribution in [0.2, 0.25) is 0 Å². The van der Waals surface area contributed by atoms with Gasteiger partial charge in [0.15, 0.2) is 16.3 Å². The van der Waals surface area contributed by atoms with E-state index in [-0.39, 0.29) is 5.91 Å². The summed E-state index contributed by atoms with van der Waals surface area (Å²) >= 11 is 1.42. The molecule has 150 valence electrons. The monoisotopic (exact) mass is 416 g/mol. The molecule has 4 rings (SSSR count). The molecule has 6 heteroatoms. The van der Waals surface area contributed by atoms with E-state index in [9.17, 15) is 4.79 Å². The third kappa shape index (κ3) is 3.90. The van der Waals surface area contributed by atoms with Gasteiger partial charge in [-0.05, 0) is 42.5 Å². The zero-order chi connectivity index (χ0) is 20.9. The summed E-state index contributed by atoms with van der Waals surface area (Å²) < 4.78 is 12.8. The van der Waals surface area contributed by atoms with Gasteiger partial charge in [-0.2, -0.15) is 4.99 Å². The normalized spacial score (nSPS) is 11.3. The molecule has 0 unspecified atom stereocenters. The van der Waals surface area contributed by atoms with E-state index in [1.54, 1.807) is 26.4 Å². The highest BCUT2D eigenvalue weighted by molar-refractivity contribution is 7.07. The molecule has 0 aliphatic rings. The molecule has 0 spiro atoms. The van der Waals surface area contributed by atoms with E-state index < -0.39 is 0 Å². The van der Waals surface area contributed by atoms with Crippen molar-refractivity contribution in [3.63, 3.8) is 0 Å². The molecule has 0 atom stereocenters. The van der Waals surface area contributed by atoms with E-state index in [4.69, 9.17) is 9.47 Å². The van der Waals surface area contributed by atoms with E-state index in [0.29, 0.717) is 21.9 Å². The van der Waals surface area contributed by atoms with Crippen LogP contribution in [-0.4, -0.2) is 24.7 Å². The van der Waals surface area contributed by atoms with Crippen molar-refractivity contribution < 1.29 is 14.3 Å². The van der Waals surface area contributed by atoms with Gasteiger partial charge < -0.3 is 9.47 Å². The SMILES string of the molecule is COc1ccc(-c2csc(=NC(=O)c3ccccc3)n2-c2ccccc2)cc1OC. The van der Waals surface area contributed by atoms with Crippen LogP contribution in [0.5, 0.6) is 11.5 Å². The van der Waals surface area contributed by atoms with Gasteiger partial charge in [0.25, 0.3) is 5.91 Å². The Labute approximate surface area is 178 Å². The lowest BCUT2D eigenvalue weighted by atomic mass is 10.1. The topological polar surface area (TPSA) is 52.8 Å². The molecule has 30 heavy (non-hydrogen) atoms. The minimum absolute atomic E-state index is 0.277. The van der Waals surface area contributed by atoms with Crippen molar-refractivity contribution in [1.82, 2.24) is 4.57 Å². The Bertz CT molecular complexity index is 1230. The Morgan fingerprint density at radius 2 is 1.53 bits per heavy atom. The number of para-hydroxylation sites is 1. The fourth-order valence-electron chi connectivity index (χ4n) is 3.14. The lowest BCUT2D eigenvalue weighted by Gasteiger charge is -2.12. The summed E-state index contributed by atoms with van der Waals surface area (Å²) in [5.74, 6) is 1.02. The van der Waals surface area contributed by atoms with Gasteiger partial charge in [-0.15, -0.1) is 11.3 Å². The molecule has 0 bridgehead atoms. The van der Waals surface area contributed by atoms with Crippen LogP contribution in [0, 0.1) is 0 Å². The molecule has 3 aromatic carbocycles. The van der Waals surface area contributed by atoms with Crippen LogP contribution < -0.4 is 14.3 Å². The molecule has 0 aliphatic heterocycles. The van der Waals surface area contributed by atoms with E-state index in [1.807, 2.05) is 76.7 Å². The number of nitrogens with zero attached hydrogens (tertiary/aromatic N) is 2. The Morgan fingerprint density at radius 3 is 2.20 bits per heavy atom. The molecule has 4 aromatic rings. The summed E-state index contributed by atoms with van der Waals surface area (Å²) in [6.07, 6.45) is 0. The second-order valence-corrected chi connectivity index (χ2v) is 7.26. The highest BCUT2D eigenvalue weighted by Crippen LogP contribution is 2.33. The van der Waals surface area contributed by atoms with Gasteiger partial charge in [-0.1, -0.05) is 36.4 Å². The number of methoxy groups -OCH3 is 2. The minimum atomic E-state index is -0.277. The molecule has 5 nitrogen and oxygen atoms in total. The molecule has 1 aromatic heterocycles. The van der Waals surface area contributed by atoms with Gasteiger partial charge in [-0.3, -0.25) is 9.36 Å². The summed E-state index contributed by atoms with van der Waals surface area (Å²) in [5.41, 5.74) is 3.31. The second-order valence-electron chi connectivity index (χ2n) is 6.43. The van der Waals surface area contributed by atoms with Gasteiger partial charge >= 0.3 is 0 Å². The van der Waals surface area contributed by atoms with Crippen LogP contribution in [0.4, 0.5) is 0 Å². The van der Waals surface area contributed by atoms with E-state index >= 15 is 0 Å². The molecule has 0 N–H and O–H groups in total. The Balaban J connectivity index is 1.89. The average molecular weight is 417 g/mol. The number of ether oxygens (including phenoxy) is 2. The van der Waals surface area contributed by atoms with Gasteiger partial charge in [0, 0.05) is 22.2 Å². The fraction of sp³-hybridized carbons (Fsp3) is 0.0833. The van der Waals surface area contributed by atoms with Crippen molar-refractivity contribution in [3.8, 4) is 28.4 Å². The first-order valence-electron chi connectivity index (χ1n) is 9.33. The summed E-state index contributed by atoms with van der Waals surface area (Å²) in [6.45, 7) is 0. The zero-order valence-electron chi connectivity index (χ0n) is 16.6. The van der Waals surface area contributed by atoms with Gasteiger partial charge in [0.1, 0.15) is 0 Å². The van der Waals surface area contributed by atoms with Crippen molar-refractivity contribution in [2.75, 3.05) is 14.2 Å². The largest absolute Gasteiger partial charge is 0.493 e. The predicted octanol–water partition coefficient (Wildman–Crippen LogP) is 4.96. The third-order valence-corrected chi connectivity index (χ3v) is 5.45. The van der Waals surface area contributed by atoms with Crippen molar-refractivity contribution in [2.24, 2.45) is 4.99 Å². The number of hydrogen-bond donors (Lipinski definition) is 0. The smallest absolute Gasteiger partial charge is 0.279 e. The molecular weight excluding hydrogens is 396 g/mol. The first-order chi connectivity index (χ1) is 14.7. The quantitative estimate of drug-likeness (QED) is 0.462. The lowest BCUT2D eigenvalue weighted by Crippen LogP contribution is -2.16. The number of rotatable bonds is 5. The van der Waals surface area contributed by atoms with E-state index in [1.165, 1.54) is 11.3 Å². The molecule has 1 amide bonds. The van der Waals surface area contributed by atoms with E-state index in [0.717, 1.165) is 16.9 Å². The number of amides is 1. The number of benzene rings is 3. The van der Waals surface area contributed by atoms with Crippen LogP contribution >= 0.6 is 11.3 Å². The maximum absolute atomic E-state index is 12.7. The standard InChI is InChI=1S/C24H20N2O3S/c1-28-21-14-13-18(15-22(21)29-2)20-16-30-24(26(20)19-11-7-4-8-12-19)25-23(27)17-9-5-3-6-10-17/h3-16H,1-2H3. The van der Waals surface area contributed by atoms with Gasteiger partial charge in [0.2, 0.25) is 0 Å². The van der Waals surface area contributed by atoms with Crippen molar-refractivity contribution in [2.45, 2.75) is 0 Å². The van der Waals surface area contributed by atoms with Gasteiger partial charge in [0.05, 0.1) is 19.9 Å². The maximum Gasteiger partial charge on any atom is 0.279 e. The highest BCUT2D eigenvalue weighted by atomic mass is 32.1. The zero-order valence-corrected chi connectivity index (χ0v) is 17.4. The fourth-order valence-corrected chi connectivity index (χ4v) is 4.05. The summed E-state index contributed by atoms with van der Waals surface area (Å²) in [6, 6.07) is 24.7. The third-order valence-electron chi connectivity index (χ3n) is 4.62.